The number of hydrogen-bond acceptors (Lipinski definition) is 2. The average molecular weight is 221 g/mol. The molecule has 1 N–H and O–H groups in total. The molecule has 2 rings (SSSR count). The molecule has 0 aromatic carbocycles. The third kappa shape index (κ3) is 3.08. The molecule has 3 nitrogen and oxygen atoms in total. The molecule has 1 aliphatic carbocycles. The number of rotatable bonds is 6. The molecule has 1 atom stereocenters. The van der Waals surface area contributed by atoms with Crippen molar-refractivity contribution in [3.63, 3.8) is 0 Å². The van der Waals surface area contributed by atoms with E-state index in [9.17, 15) is 0 Å². The summed E-state index contributed by atoms with van der Waals surface area (Å²) in [5.74, 6) is 1.67. The number of nitrogens with one attached hydrogen (secondary N) is 1. The normalized spacial score (nSPS) is 18.0. The predicted molar refractivity (Wildman–Crippen MR) is 66.3 cm³/mol. The summed E-state index contributed by atoms with van der Waals surface area (Å²) >= 11 is 0. The van der Waals surface area contributed by atoms with Crippen molar-refractivity contribution < 1.29 is 0 Å². The summed E-state index contributed by atoms with van der Waals surface area (Å²) in [6, 6.07) is 0.705. The first-order valence-electron chi connectivity index (χ1n) is 6.39. The largest absolute Gasteiger partial charge is 0.312 e. The molecule has 1 aromatic rings. The van der Waals surface area contributed by atoms with E-state index in [4.69, 9.17) is 0 Å². The Hall–Kier alpha value is -0.830. The van der Waals surface area contributed by atoms with Gasteiger partial charge in [0, 0.05) is 18.8 Å². The van der Waals surface area contributed by atoms with E-state index < -0.39 is 0 Å². The van der Waals surface area contributed by atoms with Crippen LogP contribution >= 0.6 is 0 Å². The first-order chi connectivity index (χ1) is 7.66. The third-order valence-electron chi connectivity index (χ3n) is 3.33. The van der Waals surface area contributed by atoms with E-state index in [1.165, 1.54) is 18.4 Å². The fraction of sp³-hybridized carbons (Fsp3) is 0.769. The van der Waals surface area contributed by atoms with Crippen molar-refractivity contribution >= 4 is 0 Å². The topological polar surface area (TPSA) is 29.9 Å². The molecule has 0 bridgehead atoms. The third-order valence-corrected chi connectivity index (χ3v) is 3.33. The van der Waals surface area contributed by atoms with E-state index >= 15 is 0 Å². The Kier molecular flexibility index (Phi) is 3.64. The van der Waals surface area contributed by atoms with Crippen LogP contribution in [-0.4, -0.2) is 22.4 Å². The molecule has 3 heteroatoms. The smallest absolute Gasteiger partial charge is 0.0534 e. The highest BCUT2D eigenvalue weighted by Crippen LogP contribution is 2.35. The van der Waals surface area contributed by atoms with Gasteiger partial charge in [-0.05, 0) is 37.2 Å². The minimum Gasteiger partial charge on any atom is -0.312 e. The maximum atomic E-state index is 4.29. The lowest BCUT2D eigenvalue weighted by molar-refractivity contribution is 0.351. The summed E-state index contributed by atoms with van der Waals surface area (Å²) in [4.78, 5) is 0. The summed E-state index contributed by atoms with van der Waals surface area (Å²) in [7, 11) is 0. The highest BCUT2D eigenvalue weighted by atomic mass is 15.3. The fourth-order valence-corrected chi connectivity index (χ4v) is 2.34. The van der Waals surface area contributed by atoms with Crippen LogP contribution < -0.4 is 5.32 Å². The van der Waals surface area contributed by atoms with Crippen molar-refractivity contribution in [1.82, 2.24) is 15.1 Å². The van der Waals surface area contributed by atoms with E-state index in [-0.39, 0.29) is 0 Å². The number of aryl methyl sites for hydroxylation is 1. The van der Waals surface area contributed by atoms with E-state index in [2.05, 4.69) is 37.4 Å². The van der Waals surface area contributed by atoms with Gasteiger partial charge in [0.15, 0.2) is 0 Å². The van der Waals surface area contributed by atoms with Crippen molar-refractivity contribution in [1.29, 1.82) is 0 Å². The highest BCUT2D eigenvalue weighted by molar-refractivity contribution is 4.99. The van der Waals surface area contributed by atoms with Crippen LogP contribution in [0.3, 0.4) is 0 Å². The molecular weight excluding hydrogens is 198 g/mol. The van der Waals surface area contributed by atoms with Crippen LogP contribution in [0.5, 0.6) is 0 Å². The van der Waals surface area contributed by atoms with Crippen LogP contribution in [0.1, 0.15) is 32.3 Å². The van der Waals surface area contributed by atoms with E-state index in [0.29, 0.717) is 6.04 Å². The van der Waals surface area contributed by atoms with Crippen LogP contribution in [0, 0.1) is 18.8 Å². The maximum absolute atomic E-state index is 4.29. The summed E-state index contributed by atoms with van der Waals surface area (Å²) < 4.78 is 2.02. The molecule has 1 aromatic heterocycles. The number of hydrogen-bond donors (Lipinski definition) is 1. The quantitative estimate of drug-likeness (QED) is 0.798. The van der Waals surface area contributed by atoms with Crippen LogP contribution in [0.25, 0.3) is 0 Å². The van der Waals surface area contributed by atoms with Crippen molar-refractivity contribution in [2.75, 3.05) is 6.54 Å². The van der Waals surface area contributed by atoms with Crippen LogP contribution in [-0.2, 0) is 6.54 Å². The molecule has 1 fully saturated rings. The molecular formula is C13H23N3. The predicted octanol–water partition coefficient (Wildman–Crippen LogP) is 2.22. The zero-order valence-electron chi connectivity index (χ0n) is 10.6. The maximum Gasteiger partial charge on any atom is 0.0534 e. The molecule has 0 radical (unpaired) electrons. The molecule has 0 aliphatic heterocycles. The monoisotopic (exact) mass is 221 g/mol. The number of nitrogens with zero attached hydrogens (tertiary/aromatic N) is 2. The second kappa shape index (κ2) is 5.00. The molecule has 1 aliphatic rings. The van der Waals surface area contributed by atoms with Gasteiger partial charge in [-0.2, -0.15) is 5.10 Å². The Morgan fingerprint density at radius 3 is 2.75 bits per heavy atom. The first-order valence-corrected chi connectivity index (χ1v) is 6.39. The van der Waals surface area contributed by atoms with Gasteiger partial charge in [-0.15, -0.1) is 0 Å². The lowest BCUT2D eigenvalue weighted by Gasteiger charge is -2.22. The van der Waals surface area contributed by atoms with Crippen LogP contribution in [0.15, 0.2) is 12.4 Å². The zero-order chi connectivity index (χ0) is 11.5. The van der Waals surface area contributed by atoms with E-state index in [1.54, 1.807) is 0 Å². The molecule has 1 unspecified atom stereocenters. The second-order valence-electron chi connectivity index (χ2n) is 5.34. The molecule has 1 heterocycles. The Balaban J connectivity index is 1.74. The summed E-state index contributed by atoms with van der Waals surface area (Å²) in [6.07, 6.45) is 6.84. The molecule has 1 saturated carbocycles. The molecule has 16 heavy (non-hydrogen) atoms. The van der Waals surface area contributed by atoms with Gasteiger partial charge in [0.2, 0.25) is 0 Å². The minimum atomic E-state index is 0.705. The highest BCUT2D eigenvalue weighted by Gasteiger charge is 2.32. The van der Waals surface area contributed by atoms with E-state index in [1.807, 2.05) is 10.9 Å². The van der Waals surface area contributed by atoms with Gasteiger partial charge < -0.3 is 5.32 Å². The molecule has 0 saturated heterocycles. The Morgan fingerprint density at radius 2 is 2.25 bits per heavy atom. The minimum absolute atomic E-state index is 0.705. The van der Waals surface area contributed by atoms with Crippen molar-refractivity contribution in [3.05, 3.63) is 18.0 Å². The Morgan fingerprint density at radius 1 is 1.50 bits per heavy atom. The molecule has 0 spiro atoms. The lowest BCUT2D eigenvalue weighted by Crippen LogP contribution is -2.37. The molecule has 0 amide bonds. The van der Waals surface area contributed by atoms with Crippen LogP contribution in [0.4, 0.5) is 0 Å². The zero-order valence-corrected chi connectivity index (χ0v) is 10.6. The summed E-state index contributed by atoms with van der Waals surface area (Å²) in [5.41, 5.74) is 1.24. The SMILES string of the molecule is Cc1cnn(CCNC(C(C)C)C2CC2)c1. The van der Waals surface area contributed by atoms with Gasteiger partial charge in [0.1, 0.15) is 0 Å². The van der Waals surface area contributed by atoms with Gasteiger partial charge in [-0.1, -0.05) is 13.8 Å². The Bertz CT molecular complexity index is 324. The van der Waals surface area contributed by atoms with Gasteiger partial charge in [-0.25, -0.2) is 0 Å². The summed E-state index contributed by atoms with van der Waals surface area (Å²) in [5, 5.41) is 7.97. The van der Waals surface area contributed by atoms with E-state index in [0.717, 1.165) is 24.9 Å². The average Bonchev–Trinajstić information content (AvgIpc) is 2.97. The van der Waals surface area contributed by atoms with Gasteiger partial charge in [-0.3, -0.25) is 4.68 Å². The lowest BCUT2D eigenvalue weighted by atomic mass is 10.00. The van der Waals surface area contributed by atoms with Crippen molar-refractivity contribution in [2.24, 2.45) is 11.8 Å². The van der Waals surface area contributed by atoms with Gasteiger partial charge in [0.25, 0.3) is 0 Å². The second-order valence-corrected chi connectivity index (χ2v) is 5.34. The number of aromatic nitrogens is 2. The summed E-state index contributed by atoms with van der Waals surface area (Å²) in [6.45, 7) is 8.71. The fourth-order valence-electron chi connectivity index (χ4n) is 2.34. The Labute approximate surface area is 98.2 Å². The van der Waals surface area contributed by atoms with Crippen molar-refractivity contribution in [2.45, 2.75) is 46.2 Å². The standard InChI is InChI=1S/C13H23N3/c1-10(2)13(12-4-5-12)14-6-7-16-9-11(3)8-15-16/h8-10,12-14H,4-7H2,1-3H3. The first kappa shape index (κ1) is 11.6. The molecule has 90 valence electrons. The van der Waals surface area contributed by atoms with Crippen molar-refractivity contribution in [3.8, 4) is 0 Å². The van der Waals surface area contributed by atoms with Gasteiger partial charge in [0.05, 0.1) is 12.7 Å². The van der Waals surface area contributed by atoms with Gasteiger partial charge >= 0.3 is 0 Å². The van der Waals surface area contributed by atoms with Crippen LogP contribution in [0.2, 0.25) is 0 Å².